The maximum absolute atomic E-state index is 11.1. The average molecular weight is 476 g/mol. The van der Waals surface area contributed by atoms with Crippen molar-refractivity contribution in [3.63, 3.8) is 0 Å². The van der Waals surface area contributed by atoms with E-state index >= 15 is 0 Å². The predicted octanol–water partition coefficient (Wildman–Crippen LogP) is 0.862. The number of benzene rings is 2. The molecule has 2 aromatic rings. The molecule has 0 radical (unpaired) electrons. The zero-order chi connectivity index (χ0) is 22.3. The zero-order valence-electron chi connectivity index (χ0n) is 19.1. The number of hydrogen-bond acceptors (Lipinski definition) is 5. The third-order valence-corrected chi connectivity index (χ3v) is 7.36. The molecular formula is C25H30ClNO6. The molecular weight excluding hydrogens is 446 g/mol. The van der Waals surface area contributed by atoms with Crippen molar-refractivity contribution in [1.82, 2.24) is 0 Å². The lowest BCUT2D eigenvalue weighted by molar-refractivity contribution is -0.973. The van der Waals surface area contributed by atoms with Gasteiger partial charge in [-0.1, -0.05) is 6.07 Å². The molecule has 2 atom stereocenters. The molecule has 5 rings (SSSR count). The first-order chi connectivity index (χ1) is 15.5. The number of halogens is 1. The molecule has 0 bridgehead atoms. The van der Waals surface area contributed by atoms with Crippen LogP contribution in [0, 0.1) is 0 Å². The van der Waals surface area contributed by atoms with Gasteiger partial charge >= 0.3 is 5.97 Å². The van der Waals surface area contributed by atoms with Crippen molar-refractivity contribution in [1.29, 1.82) is 0 Å². The first kappa shape index (κ1) is 23.5. The van der Waals surface area contributed by atoms with Gasteiger partial charge in [0.1, 0.15) is 12.6 Å². The summed E-state index contributed by atoms with van der Waals surface area (Å²) >= 11 is 0. The predicted molar refractivity (Wildman–Crippen MR) is 117 cm³/mol. The molecule has 0 aromatic heterocycles. The second-order valence-electron chi connectivity index (χ2n) is 8.99. The van der Waals surface area contributed by atoms with E-state index in [-0.39, 0.29) is 25.6 Å². The summed E-state index contributed by atoms with van der Waals surface area (Å²) in [6.07, 6.45) is 3.65. The zero-order valence-corrected chi connectivity index (χ0v) is 19.8. The van der Waals surface area contributed by atoms with Gasteiger partial charge in [-0.05, 0) is 42.2 Å². The summed E-state index contributed by atoms with van der Waals surface area (Å²) in [7, 11) is 3.37. The quantitative estimate of drug-likeness (QED) is 0.473. The summed E-state index contributed by atoms with van der Waals surface area (Å²) in [5.41, 5.74) is 5.17. The maximum atomic E-state index is 11.1. The Morgan fingerprint density at radius 1 is 1.12 bits per heavy atom. The molecule has 1 N–H and O–H groups in total. The summed E-state index contributed by atoms with van der Waals surface area (Å²) in [6.45, 7) is 3.06. The highest BCUT2D eigenvalue weighted by molar-refractivity contribution is 5.66. The number of carbonyl (C=O) groups is 1. The van der Waals surface area contributed by atoms with Crippen molar-refractivity contribution >= 4 is 5.97 Å². The number of carboxylic acid groups (broad SMARTS) is 1. The van der Waals surface area contributed by atoms with Crippen LogP contribution in [0.3, 0.4) is 0 Å². The number of ether oxygens (including phenoxy) is 4. The van der Waals surface area contributed by atoms with E-state index in [1.165, 1.54) is 22.3 Å². The van der Waals surface area contributed by atoms with Crippen molar-refractivity contribution in [2.24, 2.45) is 0 Å². The Labute approximate surface area is 200 Å². The molecule has 0 saturated heterocycles. The topological polar surface area (TPSA) is 74.2 Å². The lowest BCUT2D eigenvalue weighted by Gasteiger charge is -2.51. The average Bonchev–Trinajstić information content (AvgIpc) is 3.26. The van der Waals surface area contributed by atoms with Crippen molar-refractivity contribution in [2.75, 3.05) is 34.1 Å². The number of methoxy groups -OCH3 is 2. The van der Waals surface area contributed by atoms with E-state index in [1.807, 2.05) is 6.07 Å². The number of fused-ring (bicyclic) bond motifs is 5. The second kappa shape index (κ2) is 9.31. The van der Waals surface area contributed by atoms with Gasteiger partial charge < -0.3 is 40.9 Å². The van der Waals surface area contributed by atoms with Gasteiger partial charge in [0.15, 0.2) is 23.0 Å². The normalized spacial score (nSPS) is 21.8. The van der Waals surface area contributed by atoms with Gasteiger partial charge in [0, 0.05) is 24.8 Å². The molecule has 0 fully saturated rings. The molecule has 0 spiro atoms. The van der Waals surface area contributed by atoms with Gasteiger partial charge in [-0.15, -0.1) is 0 Å². The second-order valence-corrected chi connectivity index (χ2v) is 8.99. The first-order valence-corrected chi connectivity index (χ1v) is 11.3. The van der Waals surface area contributed by atoms with Crippen molar-refractivity contribution in [2.45, 2.75) is 44.7 Å². The molecule has 7 nitrogen and oxygen atoms in total. The Balaban J connectivity index is 0.00000259. The minimum atomic E-state index is -0.728. The van der Waals surface area contributed by atoms with Crippen LogP contribution in [0.2, 0.25) is 0 Å². The molecule has 0 amide bonds. The summed E-state index contributed by atoms with van der Waals surface area (Å²) in [6, 6.07) is 8.78. The molecule has 33 heavy (non-hydrogen) atoms. The maximum Gasteiger partial charge on any atom is 0.303 e. The van der Waals surface area contributed by atoms with Gasteiger partial charge in [-0.2, -0.15) is 0 Å². The molecule has 3 aliphatic rings. The van der Waals surface area contributed by atoms with E-state index in [0.717, 1.165) is 66.4 Å². The monoisotopic (exact) mass is 475 g/mol. The number of unbranched alkanes of at least 4 members (excludes halogenated alkanes) is 1. The highest BCUT2D eigenvalue weighted by atomic mass is 35.5. The standard InChI is InChI=1S/C25H29NO6.ClH/c1-29-21-7-6-16-11-20-18-13-23-22(31-15-32-23)12-17(18)8-10-26(20,9-4-3-5-24(27)28)14-19(16)25(21)30-2;/h6-7,12-13,20H,3-5,8-11,14-15H2,1-2H3;1H. The number of carboxylic acids is 1. The summed E-state index contributed by atoms with van der Waals surface area (Å²) < 4.78 is 23.6. The summed E-state index contributed by atoms with van der Waals surface area (Å²) in [5, 5.41) is 9.10. The highest BCUT2D eigenvalue weighted by Crippen LogP contribution is 2.50. The third-order valence-electron chi connectivity index (χ3n) is 7.36. The number of hydrogen-bond donors (Lipinski definition) is 1. The number of aliphatic carboxylic acids is 1. The van der Waals surface area contributed by atoms with Crippen LogP contribution < -0.4 is 31.4 Å². The Morgan fingerprint density at radius 3 is 2.64 bits per heavy atom. The minimum Gasteiger partial charge on any atom is -1.00 e. The van der Waals surface area contributed by atoms with Crippen molar-refractivity contribution < 1.29 is 45.7 Å². The number of quaternary nitrogens is 1. The third kappa shape index (κ3) is 4.08. The Hall–Kier alpha value is -2.64. The lowest BCUT2D eigenvalue weighted by atomic mass is 9.80. The van der Waals surface area contributed by atoms with Crippen LogP contribution in [0.1, 0.15) is 47.6 Å². The fraction of sp³-hybridized carbons (Fsp3) is 0.480. The van der Waals surface area contributed by atoms with Crippen molar-refractivity contribution in [3.8, 4) is 23.0 Å². The Kier molecular flexibility index (Phi) is 6.64. The molecule has 3 aliphatic heterocycles. The molecule has 2 unspecified atom stereocenters. The molecule has 3 heterocycles. The van der Waals surface area contributed by atoms with E-state index in [4.69, 9.17) is 24.1 Å². The number of rotatable bonds is 7. The van der Waals surface area contributed by atoms with Crippen LogP contribution >= 0.6 is 0 Å². The van der Waals surface area contributed by atoms with Gasteiger partial charge in [0.05, 0.1) is 32.9 Å². The van der Waals surface area contributed by atoms with E-state index in [0.29, 0.717) is 12.5 Å². The SMILES string of the molecule is COc1ccc2c(c1OC)C[N+]1(CCCCC(=O)O)CCc3cc4c(cc3C1C2)OCO4.[Cl-]. The Bertz CT molecular complexity index is 1060. The molecule has 0 saturated carbocycles. The summed E-state index contributed by atoms with van der Waals surface area (Å²) in [4.78, 5) is 11.1. The van der Waals surface area contributed by atoms with Crippen molar-refractivity contribution in [3.05, 3.63) is 46.5 Å². The van der Waals surface area contributed by atoms with Crippen LogP contribution in [-0.2, 0) is 24.2 Å². The van der Waals surface area contributed by atoms with Crippen LogP contribution in [0.15, 0.2) is 24.3 Å². The van der Waals surface area contributed by atoms with E-state index in [9.17, 15) is 4.79 Å². The molecule has 8 heteroatoms. The van der Waals surface area contributed by atoms with Gasteiger partial charge in [-0.3, -0.25) is 4.79 Å². The number of nitrogens with zero attached hydrogens (tertiary/aromatic N) is 1. The molecule has 178 valence electrons. The largest absolute Gasteiger partial charge is 1.00 e. The van der Waals surface area contributed by atoms with Crippen LogP contribution in [0.5, 0.6) is 23.0 Å². The lowest BCUT2D eigenvalue weighted by Crippen LogP contribution is -3.00. The van der Waals surface area contributed by atoms with Gasteiger partial charge in [0.2, 0.25) is 6.79 Å². The van der Waals surface area contributed by atoms with Gasteiger partial charge in [-0.25, -0.2) is 0 Å². The van der Waals surface area contributed by atoms with Crippen LogP contribution in [-0.4, -0.2) is 49.7 Å². The van der Waals surface area contributed by atoms with E-state index < -0.39 is 5.97 Å². The fourth-order valence-electron chi connectivity index (χ4n) is 5.78. The van der Waals surface area contributed by atoms with Crippen LogP contribution in [0.4, 0.5) is 0 Å². The fourth-order valence-corrected chi connectivity index (χ4v) is 5.78. The first-order valence-electron chi connectivity index (χ1n) is 11.3. The smallest absolute Gasteiger partial charge is 0.303 e. The van der Waals surface area contributed by atoms with Crippen LogP contribution in [0.25, 0.3) is 0 Å². The van der Waals surface area contributed by atoms with E-state index in [2.05, 4.69) is 18.2 Å². The highest BCUT2D eigenvalue weighted by Gasteiger charge is 2.47. The molecule has 0 aliphatic carbocycles. The molecule has 2 aromatic carbocycles. The summed E-state index contributed by atoms with van der Waals surface area (Å²) in [5.74, 6) is 2.52. The Morgan fingerprint density at radius 2 is 1.91 bits per heavy atom. The van der Waals surface area contributed by atoms with Gasteiger partial charge in [0.25, 0.3) is 0 Å². The minimum absolute atomic E-state index is 0. The van der Waals surface area contributed by atoms with E-state index in [1.54, 1.807) is 14.2 Å².